The van der Waals surface area contributed by atoms with E-state index in [9.17, 15) is 0 Å². The molecular formula is C21H34O. The largest absolute Gasteiger partial charge is 0.496 e. The van der Waals surface area contributed by atoms with Crippen molar-refractivity contribution in [2.45, 2.75) is 72.6 Å². The molecule has 0 bridgehead atoms. The van der Waals surface area contributed by atoms with Crippen molar-refractivity contribution in [2.24, 2.45) is 5.92 Å². The van der Waals surface area contributed by atoms with E-state index in [1.165, 1.54) is 16.7 Å². The maximum atomic E-state index is 5.82. The molecule has 1 heteroatoms. The van der Waals surface area contributed by atoms with E-state index < -0.39 is 0 Å². The van der Waals surface area contributed by atoms with Crippen LogP contribution in [0.2, 0.25) is 0 Å². The van der Waals surface area contributed by atoms with Crippen LogP contribution in [0.25, 0.3) is 0 Å². The zero-order valence-electron chi connectivity index (χ0n) is 16.0. The summed E-state index contributed by atoms with van der Waals surface area (Å²) in [4.78, 5) is 0. The van der Waals surface area contributed by atoms with Crippen LogP contribution in [-0.4, -0.2) is 7.11 Å². The molecule has 22 heavy (non-hydrogen) atoms. The Hall–Kier alpha value is -1.24. The highest BCUT2D eigenvalue weighted by Crippen LogP contribution is 2.40. The molecule has 0 spiro atoms. The summed E-state index contributed by atoms with van der Waals surface area (Å²) in [7, 11) is 1.79. The Morgan fingerprint density at radius 3 is 1.77 bits per heavy atom. The third kappa shape index (κ3) is 4.63. The molecule has 0 heterocycles. The van der Waals surface area contributed by atoms with E-state index in [1.807, 2.05) is 0 Å². The van der Waals surface area contributed by atoms with E-state index in [4.69, 9.17) is 4.74 Å². The van der Waals surface area contributed by atoms with Gasteiger partial charge in [-0.05, 0) is 35.7 Å². The van der Waals surface area contributed by atoms with E-state index in [2.05, 4.69) is 79.7 Å². The van der Waals surface area contributed by atoms with Crippen LogP contribution < -0.4 is 4.74 Å². The second-order valence-corrected chi connectivity index (χ2v) is 8.43. The second kappa shape index (κ2) is 6.89. The minimum Gasteiger partial charge on any atom is -0.496 e. The molecule has 0 fully saturated rings. The minimum absolute atomic E-state index is 0.0746. The van der Waals surface area contributed by atoms with Crippen molar-refractivity contribution in [2.75, 3.05) is 7.11 Å². The van der Waals surface area contributed by atoms with Crippen molar-refractivity contribution in [1.82, 2.24) is 0 Å². The Labute approximate surface area is 137 Å². The maximum absolute atomic E-state index is 5.82. The Balaban J connectivity index is 3.49. The van der Waals surface area contributed by atoms with Gasteiger partial charge < -0.3 is 4.74 Å². The van der Waals surface area contributed by atoms with E-state index in [0.717, 1.165) is 12.2 Å². The van der Waals surface area contributed by atoms with Crippen molar-refractivity contribution in [3.63, 3.8) is 0 Å². The Bertz CT molecular complexity index is 489. The molecule has 0 amide bonds. The Morgan fingerprint density at radius 2 is 1.45 bits per heavy atom. The second-order valence-electron chi connectivity index (χ2n) is 8.43. The van der Waals surface area contributed by atoms with Crippen molar-refractivity contribution in [3.8, 4) is 5.75 Å². The van der Waals surface area contributed by atoms with Crippen LogP contribution in [0.5, 0.6) is 5.75 Å². The van der Waals surface area contributed by atoms with Crippen LogP contribution in [0.15, 0.2) is 24.3 Å². The molecule has 1 rings (SSSR count). The topological polar surface area (TPSA) is 9.23 Å². The van der Waals surface area contributed by atoms with Crippen LogP contribution in [0, 0.1) is 5.92 Å². The molecule has 124 valence electrons. The van der Waals surface area contributed by atoms with Crippen LogP contribution in [-0.2, 0) is 17.3 Å². The number of hydrogen-bond acceptors (Lipinski definition) is 1. The lowest BCUT2D eigenvalue weighted by atomic mass is 9.77. The standard InChI is InChI=1S/C21H34O/c1-10-11-15(2)12-16-13-17(20(3,4)5)19(22-9)18(14-16)21(6,7)8/h10-11,13-15H,12H2,1-9H3/b11-10-. The summed E-state index contributed by atoms with van der Waals surface area (Å²) in [6.07, 6.45) is 5.49. The van der Waals surface area contributed by atoms with Gasteiger partial charge in [0.05, 0.1) is 7.11 Å². The molecule has 0 aliphatic carbocycles. The fourth-order valence-corrected chi connectivity index (χ4v) is 2.91. The smallest absolute Gasteiger partial charge is 0.126 e. The van der Waals surface area contributed by atoms with Crippen LogP contribution in [0.3, 0.4) is 0 Å². The fourth-order valence-electron chi connectivity index (χ4n) is 2.91. The van der Waals surface area contributed by atoms with Crippen LogP contribution in [0.4, 0.5) is 0 Å². The molecule has 0 N–H and O–H groups in total. The summed E-state index contributed by atoms with van der Waals surface area (Å²) < 4.78 is 5.82. The number of hydrogen-bond donors (Lipinski definition) is 0. The quantitative estimate of drug-likeness (QED) is 0.616. The van der Waals surface area contributed by atoms with Gasteiger partial charge in [-0.1, -0.05) is 72.8 Å². The number of benzene rings is 1. The highest BCUT2D eigenvalue weighted by atomic mass is 16.5. The summed E-state index contributed by atoms with van der Waals surface area (Å²) >= 11 is 0. The van der Waals surface area contributed by atoms with E-state index >= 15 is 0 Å². The van der Waals surface area contributed by atoms with Gasteiger partial charge in [0.2, 0.25) is 0 Å². The predicted molar refractivity (Wildman–Crippen MR) is 98.1 cm³/mol. The van der Waals surface area contributed by atoms with E-state index in [1.54, 1.807) is 7.11 Å². The minimum atomic E-state index is 0.0746. The normalized spacial score (nSPS) is 14.4. The molecule has 1 atom stereocenters. The SMILES string of the molecule is C/C=C\C(C)Cc1cc(C(C)(C)C)c(OC)c(C(C)(C)C)c1. The summed E-state index contributed by atoms with van der Waals surface area (Å²) in [5, 5.41) is 0. The molecule has 0 aliphatic heterocycles. The molecule has 1 aromatic carbocycles. The lowest BCUT2D eigenvalue weighted by Gasteiger charge is -2.30. The third-order valence-corrected chi connectivity index (χ3v) is 4.05. The van der Waals surface area contributed by atoms with Gasteiger partial charge in [-0.3, -0.25) is 0 Å². The van der Waals surface area contributed by atoms with Gasteiger partial charge in [-0.15, -0.1) is 0 Å². The van der Waals surface area contributed by atoms with Gasteiger partial charge in [-0.2, -0.15) is 0 Å². The molecule has 1 unspecified atom stereocenters. The predicted octanol–water partition coefficient (Wildman–Crippen LogP) is 6.04. The van der Waals surface area contributed by atoms with Crippen molar-refractivity contribution >= 4 is 0 Å². The van der Waals surface area contributed by atoms with Gasteiger partial charge in [-0.25, -0.2) is 0 Å². The van der Waals surface area contributed by atoms with Gasteiger partial charge in [0.1, 0.15) is 5.75 Å². The van der Waals surface area contributed by atoms with Crippen molar-refractivity contribution < 1.29 is 4.74 Å². The monoisotopic (exact) mass is 302 g/mol. The number of ether oxygens (including phenoxy) is 1. The summed E-state index contributed by atoms with van der Waals surface area (Å²) in [6.45, 7) is 17.9. The van der Waals surface area contributed by atoms with Gasteiger partial charge >= 0.3 is 0 Å². The zero-order chi connectivity index (χ0) is 17.1. The molecular weight excluding hydrogens is 268 g/mol. The summed E-state index contributed by atoms with van der Waals surface area (Å²) in [5.74, 6) is 1.61. The lowest BCUT2D eigenvalue weighted by molar-refractivity contribution is 0.381. The molecule has 0 saturated heterocycles. The van der Waals surface area contributed by atoms with Crippen molar-refractivity contribution in [3.05, 3.63) is 41.0 Å². The number of allylic oxidation sites excluding steroid dienone is 2. The maximum Gasteiger partial charge on any atom is 0.126 e. The first-order chi connectivity index (χ1) is 10.0. The highest BCUT2D eigenvalue weighted by molar-refractivity contribution is 5.51. The molecule has 1 nitrogen and oxygen atoms in total. The van der Waals surface area contributed by atoms with Gasteiger partial charge in [0.25, 0.3) is 0 Å². The first-order valence-corrected chi connectivity index (χ1v) is 8.35. The Morgan fingerprint density at radius 1 is 1.00 bits per heavy atom. The van der Waals surface area contributed by atoms with Crippen molar-refractivity contribution in [1.29, 1.82) is 0 Å². The third-order valence-electron chi connectivity index (χ3n) is 4.05. The highest BCUT2D eigenvalue weighted by Gasteiger charge is 2.27. The summed E-state index contributed by atoms with van der Waals surface area (Å²) in [6, 6.07) is 4.68. The molecule has 0 saturated carbocycles. The number of methoxy groups -OCH3 is 1. The molecule has 1 aromatic rings. The molecule has 0 aromatic heterocycles. The van der Waals surface area contributed by atoms with Crippen LogP contribution >= 0.6 is 0 Å². The average molecular weight is 303 g/mol. The fraction of sp³-hybridized carbons (Fsp3) is 0.619. The van der Waals surface area contributed by atoms with Gasteiger partial charge in [0, 0.05) is 11.1 Å². The number of rotatable bonds is 4. The zero-order valence-corrected chi connectivity index (χ0v) is 16.0. The summed E-state index contributed by atoms with van der Waals surface area (Å²) in [5.41, 5.74) is 4.17. The van der Waals surface area contributed by atoms with E-state index in [0.29, 0.717) is 5.92 Å². The Kier molecular flexibility index (Phi) is 5.89. The molecule has 0 aliphatic rings. The molecule has 0 radical (unpaired) electrons. The van der Waals surface area contributed by atoms with Gasteiger partial charge in [0.15, 0.2) is 0 Å². The lowest BCUT2D eigenvalue weighted by Crippen LogP contribution is -2.20. The van der Waals surface area contributed by atoms with Crippen LogP contribution in [0.1, 0.15) is 72.1 Å². The van der Waals surface area contributed by atoms with E-state index in [-0.39, 0.29) is 10.8 Å². The first kappa shape index (κ1) is 18.8. The first-order valence-electron chi connectivity index (χ1n) is 8.35. The average Bonchev–Trinajstić information content (AvgIpc) is 2.35.